The number of carboxylic acid groups (broad SMARTS) is 1. The largest absolute Gasteiger partial charge is 0.480 e. The van der Waals surface area contributed by atoms with Crippen molar-refractivity contribution in [1.82, 2.24) is 14.6 Å². The van der Waals surface area contributed by atoms with E-state index in [2.05, 4.69) is 10.1 Å². The number of carbonyl (C=O) groups is 1. The number of pyridine rings is 1. The Morgan fingerprint density at radius 1 is 1.26 bits per heavy atom. The summed E-state index contributed by atoms with van der Waals surface area (Å²) >= 11 is 0. The number of nitrogens with two attached hydrogens (primary N) is 1. The number of aromatic nitrogens is 3. The van der Waals surface area contributed by atoms with Crippen molar-refractivity contribution >= 4 is 22.5 Å². The standard InChI is InChI=1S/C17H20N4O2/c1-16(2,3)9-17(18,15(22)23)12-5-6-13-11(8-12)4-7-14-19-10-20-21(13)14/h4-8,10H,9,18H2,1-3H3,(H,22,23). The maximum absolute atomic E-state index is 11.9. The highest BCUT2D eigenvalue weighted by atomic mass is 16.4. The van der Waals surface area contributed by atoms with Gasteiger partial charge in [0.2, 0.25) is 0 Å². The van der Waals surface area contributed by atoms with Gasteiger partial charge in [-0.25, -0.2) is 14.3 Å². The summed E-state index contributed by atoms with van der Waals surface area (Å²) in [7, 11) is 0. The van der Waals surface area contributed by atoms with Crippen molar-refractivity contribution in [2.45, 2.75) is 32.7 Å². The third-order valence-electron chi connectivity index (χ3n) is 3.95. The maximum atomic E-state index is 11.9. The van der Waals surface area contributed by atoms with Crippen LogP contribution in [0.3, 0.4) is 0 Å². The Balaban J connectivity index is 2.17. The molecule has 6 nitrogen and oxygen atoms in total. The highest BCUT2D eigenvalue weighted by Crippen LogP contribution is 2.34. The Bertz CT molecular complexity index is 894. The zero-order valence-electron chi connectivity index (χ0n) is 13.4. The van der Waals surface area contributed by atoms with Crippen LogP contribution in [0.25, 0.3) is 16.6 Å². The molecule has 0 bridgehead atoms. The van der Waals surface area contributed by atoms with Gasteiger partial charge in [0.15, 0.2) is 5.65 Å². The molecule has 6 heteroatoms. The van der Waals surface area contributed by atoms with Crippen molar-refractivity contribution in [3.05, 3.63) is 42.2 Å². The van der Waals surface area contributed by atoms with Crippen LogP contribution in [0.4, 0.5) is 0 Å². The van der Waals surface area contributed by atoms with Crippen molar-refractivity contribution in [1.29, 1.82) is 0 Å². The molecule has 3 aromatic rings. The number of hydrogen-bond donors (Lipinski definition) is 2. The van der Waals surface area contributed by atoms with Crippen molar-refractivity contribution in [2.75, 3.05) is 0 Å². The Morgan fingerprint density at radius 3 is 2.65 bits per heavy atom. The second kappa shape index (κ2) is 5.03. The van der Waals surface area contributed by atoms with E-state index in [9.17, 15) is 9.90 Å². The van der Waals surface area contributed by atoms with Gasteiger partial charge in [-0.3, -0.25) is 0 Å². The normalized spacial score (nSPS) is 15.0. The van der Waals surface area contributed by atoms with Crippen LogP contribution in [-0.4, -0.2) is 25.7 Å². The summed E-state index contributed by atoms with van der Waals surface area (Å²) < 4.78 is 1.72. The SMILES string of the molecule is CC(C)(C)CC(N)(C(=O)O)c1ccc2c(ccc3ncnn32)c1. The van der Waals surface area contributed by atoms with Crippen LogP contribution in [0.1, 0.15) is 32.8 Å². The predicted octanol–water partition coefficient (Wildman–Crippen LogP) is 2.56. The first-order chi connectivity index (χ1) is 10.7. The van der Waals surface area contributed by atoms with Crippen LogP contribution in [0.15, 0.2) is 36.7 Å². The molecular weight excluding hydrogens is 292 g/mol. The Morgan fingerprint density at radius 2 is 2.00 bits per heavy atom. The van der Waals surface area contributed by atoms with E-state index < -0.39 is 11.5 Å². The lowest BCUT2D eigenvalue weighted by Crippen LogP contribution is -2.47. The molecule has 0 fully saturated rings. The maximum Gasteiger partial charge on any atom is 0.328 e. The zero-order valence-corrected chi connectivity index (χ0v) is 13.4. The Labute approximate surface area is 133 Å². The zero-order chi connectivity index (χ0) is 16.8. The molecule has 3 N–H and O–H groups in total. The number of rotatable bonds is 3. The first-order valence-corrected chi connectivity index (χ1v) is 7.46. The minimum Gasteiger partial charge on any atom is -0.480 e. The van der Waals surface area contributed by atoms with Gasteiger partial charge in [-0.1, -0.05) is 26.8 Å². The van der Waals surface area contributed by atoms with E-state index in [1.807, 2.05) is 45.0 Å². The van der Waals surface area contributed by atoms with Crippen LogP contribution in [0, 0.1) is 5.41 Å². The van der Waals surface area contributed by atoms with Gasteiger partial charge in [0.25, 0.3) is 0 Å². The number of hydrogen-bond acceptors (Lipinski definition) is 4. The molecule has 0 aliphatic heterocycles. The summed E-state index contributed by atoms with van der Waals surface area (Å²) in [6, 6.07) is 9.20. The fourth-order valence-corrected chi connectivity index (χ4v) is 3.01. The number of fused-ring (bicyclic) bond motifs is 3. The fraction of sp³-hybridized carbons (Fsp3) is 0.353. The highest BCUT2D eigenvalue weighted by Gasteiger charge is 2.39. The molecule has 3 rings (SSSR count). The molecule has 120 valence electrons. The summed E-state index contributed by atoms with van der Waals surface area (Å²) in [5.74, 6) is -1.02. The van der Waals surface area contributed by atoms with E-state index in [1.165, 1.54) is 6.33 Å². The molecule has 1 atom stereocenters. The van der Waals surface area contributed by atoms with Gasteiger partial charge < -0.3 is 10.8 Å². The van der Waals surface area contributed by atoms with Crippen LogP contribution in [0.5, 0.6) is 0 Å². The average Bonchev–Trinajstić information content (AvgIpc) is 2.93. The minimum atomic E-state index is -1.43. The molecule has 0 amide bonds. The topological polar surface area (TPSA) is 93.5 Å². The first kappa shape index (κ1) is 15.4. The summed E-state index contributed by atoms with van der Waals surface area (Å²) in [6.07, 6.45) is 1.83. The van der Waals surface area contributed by atoms with Crippen molar-refractivity contribution in [2.24, 2.45) is 11.1 Å². The molecule has 1 unspecified atom stereocenters. The number of benzene rings is 1. The summed E-state index contributed by atoms with van der Waals surface area (Å²) in [4.78, 5) is 16.0. The second-order valence-electron chi connectivity index (χ2n) is 7.15. The van der Waals surface area contributed by atoms with Gasteiger partial charge in [-0.2, -0.15) is 5.10 Å². The quantitative estimate of drug-likeness (QED) is 0.775. The molecule has 0 spiro atoms. The summed E-state index contributed by atoms with van der Waals surface area (Å²) in [5, 5.41) is 14.8. The van der Waals surface area contributed by atoms with E-state index >= 15 is 0 Å². The van der Waals surface area contributed by atoms with E-state index in [0.29, 0.717) is 12.0 Å². The number of nitrogens with zero attached hydrogens (tertiary/aromatic N) is 3. The summed E-state index contributed by atoms with van der Waals surface area (Å²) in [6.45, 7) is 5.95. The van der Waals surface area contributed by atoms with Gasteiger partial charge in [-0.15, -0.1) is 0 Å². The van der Waals surface area contributed by atoms with Gasteiger partial charge in [0.05, 0.1) is 5.52 Å². The van der Waals surface area contributed by atoms with E-state index in [-0.39, 0.29) is 5.41 Å². The molecule has 2 aromatic heterocycles. The van der Waals surface area contributed by atoms with Gasteiger partial charge in [-0.05, 0) is 41.7 Å². The van der Waals surface area contributed by atoms with E-state index in [1.54, 1.807) is 10.6 Å². The van der Waals surface area contributed by atoms with Crippen LogP contribution in [-0.2, 0) is 10.3 Å². The van der Waals surface area contributed by atoms with Gasteiger partial charge in [0.1, 0.15) is 11.9 Å². The molecule has 2 heterocycles. The average molecular weight is 312 g/mol. The molecule has 0 saturated carbocycles. The molecule has 0 radical (unpaired) electrons. The van der Waals surface area contributed by atoms with E-state index in [4.69, 9.17) is 5.73 Å². The monoisotopic (exact) mass is 312 g/mol. The number of aliphatic carboxylic acids is 1. The lowest BCUT2D eigenvalue weighted by Gasteiger charge is -2.32. The first-order valence-electron chi connectivity index (χ1n) is 7.46. The Hall–Kier alpha value is -2.47. The lowest BCUT2D eigenvalue weighted by atomic mass is 9.76. The third-order valence-corrected chi connectivity index (χ3v) is 3.95. The molecule has 0 aliphatic rings. The molecular formula is C17H20N4O2. The molecule has 0 saturated heterocycles. The number of carboxylic acids is 1. The second-order valence-corrected chi connectivity index (χ2v) is 7.15. The van der Waals surface area contributed by atoms with Gasteiger partial charge in [0, 0.05) is 5.39 Å². The highest BCUT2D eigenvalue weighted by molar-refractivity contribution is 5.86. The Kier molecular flexibility index (Phi) is 3.37. The lowest BCUT2D eigenvalue weighted by molar-refractivity contribution is -0.145. The van der Waals surface area contributed by atoms with Crippen LogP contribution in [0.2, 0.25) is 0 Å². The minimum absolute atomic E-state index is 0.210. The van der Waals surface area contributed by atoms with Crippen LogP contribution >= 0.6 is 0 Å². The van der Waals surface area contributed by atoms with E-state index in [0.717, 1.165) is 16.6 Å². The molecule has 23 heavy (non-hydrogen) atoms. The third kappa shape index (κ3) is 2.66. The van der Waals surface area contributed by atoms with Crippen molar-refractivity contribution in [3.8, 4) is 0 Å². The van der Waals surface area contributed by atoms with Gasteiger partial charge >= 0.3 is 5.97 Å². The molecule has 1 aromatic carbocycles. The predicted molar refractivity (Wildman–Crippen MR) is 88.1 cm³/mol. The summed E-state index contributed by atoms with van der Waals surface area (Å²) in [5.41, 5.74) is 6.87. The van der Waals surface area contributed by atoms with Crippen molar-refractivity contribution in [3.63, 3.8) is 0 Å². The van der Waals surface area contributed by atoms with Crippen molar-refractivity contribution < 1.29 is 9.90 Å². The fourth-order valence-electron chi connectivity index (χ4n) is 3.01. The smallest absolute Gasteiger partial charge is 0.328 e. The van der Waals surface area contributed by atoms with Crippen LogP contribution < -0.4 is 5.73 Å². The molecule has 0 aliphatic carbocycles.